The quantitative estimate of drug-likeness (QED) is 0.294. The number of rotatable bonds is 12. The molecule has 2 aromatic carbocycles. The van der Waals surface area contributed by atoms with Gasteiger partial charge in [0.15, 0.2) is 0 Å². The Balaban J connectivity index is 1.56. The van der Waals surface area contributed by atoms with E-state index in [9.17, 15) is 23.6 Å². The summed E-state index contributed by atoms with van der Waals surface area (Å²) < 4.78 is 18.9. The number of ether oxygens (including phenoxy) is 1. The van der Waals surface area contributed by atoms with E-state index in [0.29, 0.717) is 37.1 Å². The highest BCUT2D eigenvalue weighted by molar-refractivity contribution is 5.99. The molecule has 0 unspecified atom stereocenters. The van der Waals surface area contributed by atoms with Gasteiger partial charge in [0, 0.05) is 20.0 Å². The fraction of sp³-hybridized carbons (Fsp3) is 0.448. The highest BCUT2D eigenvalue weighted by atomic mass is 19.1. The number of halogens is 1. The number of benzene rings is 2. The molecule has 0 saturated carbocycles. The third-order valence-corrected chi connectivity index (χ3v) is 7.24. The van der Waals surface area contributed by atoms with Crippen LogP contribution in [0.4, 0.5) is 4.39 Å². The summed E-state index contributed by atoms with van der Waals surface area (Å²) in [5.74, 6) is -1.63. The van der Waals surface area contributed by atoms with Crippen LogP contribution in [-0.2, 0) is 25.7 Å². The van der Waals surface area contributed by atoms with Crippen molar-refractivity contribution >= 4 is 23.6 Å². The van der Waals surface area contributed by atoms with Crippen molar-refractivity contribution in [2.45, 2.75) is 57.3 Å². The summed E-state index contributed by atoms with van der Waals surface area (Å²) in [4.78, 5) is 53.1. The number of nitrogens with one attached hydrogen (secondary N) is 3. The lowest BCUT2D eigenvalue weighted by atomic mass is 9.92. The minimum absolute atomic E-state index is 0.0872. The molecule has 0 aromatic heterocycles. The number of fused-ring (bicyclic) bond motifs is 1. The van der Waals surface area contributed by atoms with E-state index >= 15 is 0 Å². The monoisotopic (exact) mass is 554 g/mol. The Morgan fingerprint density at radius 1 is 1.12 bits per heavy atom. The maximum absolute atomic E-state index is 13.8. The van der Waals surface area contributed by atoms with E-state index < -0.39 is 24.0 Å². The third-order valence-electron chi connectivity index (χ3n) is 7.24. The van der Waals surface area contributed by atoms with E-state index in [2.05, 4.69) is 16.0 Å². The van der Waals surface area contributed by atoms with Gasteiger partial charge in [-0.1, -0.05) is 24.3 Å². The molecule has 4 rings (SSSR count). The van der Waals surface area contributed by atoms with Crippen molar-refractivity contribution in [3.8, 4) is 5.75 Å². The molecule has 4 amide bonds. The predicted octanol–water partition coefficient (Wildman–Crippen LogP) is 1.58. The first kappa shape index (κ1) is 29.0. The van der Waals surface area contributed by atoms with E-state index in [-0.39, 0.29) is 55.6 Å². The standard InChI is InChI=1S/C29H35FN4O6/c1-18(36)31-12-3-2-7-24-29(39)34-25(28(38)33-24)16-23(27(37)32-17-19-8-10-21(30)11-9-19)26(34)20-5-4-6-22(15-20)40-14-13-35/h4-6,8-11,15,23-26,35H,2-3,7,12-14,16-17H2,1H3,(H,31,36)(H,32,37)(H,33,38)/t23-,24-,25-,26-/m0/s1. The normalized spacial score (nSPS) is 21.9. The zero-order valence-electron chi connectivity index (χ0n) is 22.4. The third kappa shape index (κ3) is 6.95. The Morgan fingerprint density at radius 3 is 2.62 bits per heavy atom. The first-order valence-electron chi connectivity index (χ1n) is 13.5. The zero-order chi connectivity index (χ0) is 28.6. The molecule has 2 aliphatic heterocycles. The molecule has 40 heavy (non-hydrogen) atoms. The van der Waals surface area contributed by atoms with Crippen LogP contribution in [0.2, 0.25) is 0 Å². The summed E-state index contributed by atoms with van der Waals surface area (Å²) in [5, 5.41) is 17.6. The molecular formula is C29H35FN4O6. The van der Waals surface area contributed by atoms with Crippen LogP contribution in [0.15, 0.2) is 48.5 Å². The first-order chi connectivity index (χ1) is 19.3. The van der Waals surface area contributed by atoms with Crippen molar-refractivity contribution in [2.75, 3.05) is 19.8 Å². The van der Waals surface area contributed by atoms with Crippen LogP contribution in [0.3, 0.4) is 0 Å². The molecule has 4 N–H and O–H groups in total. The summed E-state index contributed by atoms with van der Waals surface area (Å²) in [6.45, 7) is 2.01. The number of amides is 4. The Labute approximate surface area is 232 Å². The molecule has 2 aliphatic rings. The van der Waals surface area contributed by atoms with E-state index in [1.54, 1.807) is 36.4 Å². The second kappa shape index (κ2) is 13.4. The number of carbonyl (C=O) groups excluding carboxylic acids is 4. The number of unbranched alkanes of at least 4 members (excludes halogenated alkanes) is 1. The Bertz CT molecular complexity index is 1220. The van der Waals surface area contributed by atoms with Crippen LogP contribution in [0.1, 0.15) is 49.8 Å². The van der Waals surface area contributed by atoms with Gasteiger partial charge in [0.1, 0.15) is 30.3 Å². The second-order valence-corrected chi connectivity index (χ2v) is 10.1. The van der Waals surface area contributed by atoms with Crippen molar-refractivity contribution in [3.05, 3.63) is 65.5 Å². The van der Waals surface area contributed by atoms with Crippen LogP contribution >= 0.6 is 0 Å². The van der Waals surface area contributed by atoms with Crippen molar-refractivity contribution in [1.29, 1.82) is 0 Å². The van der Waals surface area contributed by atoms with Crippen molar-refractivity contribution in [1.82, 2.24) is 20.9 Å². The van der Waals surface area contributed by atoms with Gasteiger partial charge in [-0.3, -0.25) is 19.2 Å². The molecule has 2 saturated heterocycles. The van der Waals surface area contributed by atoms with Gasteiger partial charge in [-0.25, -0.2) is 4.39 Å². The van der Waals surface area contributed by atoms with Crippen LogP contribution in [0, 0.1) is 11.7 Å². The number of nitrogens with zero attached hydrogens (tertiary/aromatic N) is 1. The van der Waals surface area contributed by atoms with E-state index in [0.717, 1.165) is 5.56 Å². The molecule has 2 heterocycles. The highest BCUT2D eigenvalue weighted by Crippen LogP contribution is 2.44. The van der Waals surface area contributed by atoms with E-state index in [1.807, 2.05) is 0 Å². The molecule has 0 radical (unpaired) electrons. The minimum atomic E-state index is -0.809. The van der Waals surface area contributed by atoms with Crippen molar-refractivity contribution in [3.63, 3.8) is 0 Å². The fourth-order valence-electron chi connectivity index (χ4n) is 5.36. The minimum Gasteiger partial charge on any atom is -0.491 e. The van der Waals surface area contributed by atoms with Crippen LogP contribution in [0.25, 0.3) is 0 Å². The van der Waals surface area contributed by atoms with Crippen LogP contribution < -0.4 is 20.7 Å². The Morgan fingerprint density at radius 2 is 1.90 bits per heavy atom. The summed E-state index contributed by atoms with van der Waals surface area (Å²) in [7, 11) is 0. The lowest BCUT2D eigenvalue weighted by molar-refractivity contribution is -0.149. The molecule has 11 heteroatoms. The lowest BCUT2D eigenvalue weighted by Gasteiger charge is -2.38. The van der Waals surface area contributed by atoms with E-state index in [4.69, 9.17) is 9.84 Å². The smallest absolute Gasteiger partial charge is 0.246 e. The van der Waals surface area contributed by atoms with Gasteiger partial charge < -0.3 is 30.7 Å². The molecule has 2 aromatic rings. The molecule has 4 atom stereocenters. The predicted molar refractivity (Wildman–Crippen MR) is 143 cm³/mol. The lowest BCUT2D eigenvalue weighted by Crippen LogP contribution is -2.61. The van der Waals surface area contributed by atoms with Gasteiger partial charge in [0.2, 0.25) is 23.6 Å². The second-order valence-electron chi connectivity index (χ2n) is 10.1. The zero-order valence-corrected chi connectivity index (χ0v) is 22.4. The highest BCUT2D eigenvalue weighted by Gasteiger charge is 2.54. The van der Waals surface area contributed by atoms with Gasteiger partial charge in [0.05, 0.1) is 18.6 Å². The van der Waals surface area contributed by atoms with Gasteiger partial charge in [-0.15, -0.1) is 0 Å². The number of aliphatic hydroxyl groups is 1. The summed E-state index contributed by atoms with van der Waals surface area (Å²) in [6, 6.07) is 10.5. The number of aliphatic hydroxyl groups excluding tert-OH is 1. The van der Waals surface area contributed by atoms with E-state index in [1.165, 1.54) is 24.0 Å². The maximum atomic E-state index is 13.8. The number of hydrogen-bond donors (Lipinski definition) is 4. The van der Waals surface area contributed by atoms with Crippen LogP contribution in [0.5, 0.6) is 5.75 Å². The average Bonchev–Trinajstić information content (AvgIpc) is 3.35. The molecule has 10 nitrogen and oxygen atoms in total. The molecule has 0 spiro atoms. The molecular weight excluding hydrogens is 519 g/mol. The van der Waals surface area contributed by atoms with Gasteiger partial charge >= 0.3 is 0 Å². The fourth-order valence-corrected chi connectivity index (χ4v) is 5.36. The van der Waals surface area contributed by atoms with Crippen LogP contribution in [-0.4, -0.2) is 65.5 Å². The number of piperazine rings is 1. The molecule has 214 valence electrons. The largest absolute Gasteiger partial charge is 0.491 e. The van der Waals surface area contributed by atoms with Gasteiger partial charge in [-0.05, 0) is 61.1 Å². The summed E-state index contributed by atoms with van der Waals surface area (Å²) in [5.41, 5.74) is 1.36. The maximum Gasteiger partial charge on any atom is 0.246 e. The molecule has 2 fully saturated rings. The Hall–Kier alpha value is -3.99. The SMILES string of the molecule is CC(=O)NCCCC[C@@H]1NC(=O)[C@@H]2C[C@H](C(=O)NCc3ccc(F)cc3)[C@H](c3cccc(OCCO)c3)N2C1=O. The topological polar surface area (TPSA) is 137 Å². The number of carbonyl (C=O) groups is 4. The average molecular weight is 555 g/mol. The van der Waals surface area contributed by atoms with Crippen molar-refractivity contribution in [2.24, 2.45) is 5.92 Å². The Kier molecular flexibility index (Phi) is 9.70. The van der Waals surface area contributed by atoms with Crippen molar-refractivity contribution < 1.29 is 33.4 Å². The summed E-state index contributed by atoms with van der Waals surface area (Å²) >= 11 is 0. The first-order valence-corrected chi connectivity index (χ1v) is 13.5. The molecule has 0 bridgehead atoms. The molecule has 0 aliphatic carbocycles. The number of hydrogen-bond acceptors (Lipinski definition) is 6. The summed E-state index contributed by atoms with van der Waals surface area (Å²) in [6.07, 6.45) is 1.83. The van der Waals surface area contributed by atoms with Gasteiger partial charge in [0.25, 0.3) is 0 Å². The van der Waals surface area contributed by atoms with Gasteiger partial charge in [-0.2, -0.15) is 0 Å².